The summed E-state index contributed by atoms with van der Waals surface area (Å²) < 4.78 is 13.3. The number of halogens is 1. The molecule has 0 aliphatic carbocycles. The lowest BCUT2D eigenvalue weighted by Crippen LogP contribution is -2.50. The molecule has 1 atom stereocenters. The highest BCUT2D eigenvalue weighted by Crippen LogP contribution is 2.24. The van der Waals surface area contributed by atoms with Gasteiger partial charge in [-0.05, 0) is 61.4 Å². The van der Waals surface area contributed by atoms with Crippen molar-refractivity contribution in [1.82, 2.24) is 15.2 Å². The number of nitrogens with one attached hydrogen (secondary N) is 2. The van der Waals surface area contributed by atoms with Gasteiger partial charge in [-0.3, -0.25) is 19.5 Å². The van der Waals surface area contributed by atoms with E-state index in [2.05, 4.69) is 25.4 Å². The molecule has 2 N–H and O–H groups in total. The number of aromatic nitrogens is 1. The van der Waals surface area contributed by atoms with Crippen LogP contribution in [0.1, 0.15) is 22.7 Å². The monoisotopic (exact) mass is 475 g/mol. The van der Waals surface area contributed by atoms with Gasteiger partial charge in [0.15, 0.2) is 0 Å². The van der Waals surface area contributed by atoms with Crippen LogP contribution < -0.4 is 15.5 Å². The minimum atomic E-state index is -0.692. The Morgan fingerprint density at radius 3 is 2.40 bits per heavy atom. The summed E-state index contributed by atoms with van der Waals surface area (Å²) in [6.07, 6.45) is 3.50. The Kier molecular flexibility index (Phi) is 7.72. The molecule has 4 rings (SSSR count). The van der Waals surface area contributed by atoms with Crippen LogP contribution in [0.2, 0.25) is 0 Å². The topological polar surface area (TPSA) is 77.6 Å². The summed E-state index contributed by atoms with van der Waals surface area (Å²) in [5.74, 6) is -1.62. The average Bonchev–Trinajstić information content (AvgIpc) is 2.87. The predicted molar refractivity (Wildman–Crippen MR) is 135 cm³/mol. The average molecular weight is 476 g/mol. The molecule has 2 heterocycles. The molecule has 1 unspecified atom stereocenters. The first-order valence-corrected chi connectivity index (χ1v) is 11.7. The molecule has 182 valence electrons. The van der Waals surface area contributed by atoms with Crippen LogP contribution in [0, 0.1) is 19.7 Å². The van der Waals surface area contributed by atoms with Gasteiger partial charge in [0.05, 0.1) is 6.04 Å². The summed E-state index contributed by atoms with van der Waals surface area (Å²) >= 11 is 0. The number of carbonyl (C=O) groups is 2. The number of anilines is 2. The first-order chi connectivity index (χ1) is 16.9. The first-order valence-electron chi connectivity index (χ1n) is 11.7. The predicted octanol–water partition coefficient (Wildman–Crippen LogP) is 3.46. The lowest BCUT2D eigenvalue weighted by Gasteiger charge is -2.40. The van der Waals surface area contributed by atoms with Crippen molar-refractivity contribution >= 4 is 23.2 Å². The first kappa shape index (κ1) is 24.3. The molecule has 1 aromatic heterocycles. The number of hydrogen-bond acceptors (Lipinski definition) is 5. The van der Waals surface area contributed by atoms with Crippen LogP contribution in [-0.4, -0.2) is 54.4 Å². The number of piperazine rings is 1. The van der Waals surface area contributed by atoms with Crippen LogP contribution in [0.4, 0.5) is 15.8 Å². The molecule has 7 nitrogen and oxygen atoms in total. The standard InChI is InChI=1S/C27H30FN5O2/c1-19-5-10-24(20(2)16-19)31-27(35)26(34)30-18-25(21-4-3-11-29-17-21)33-14-12-32(13-15-33)23-8-6-22(28)7-9-23/h3-11,16-17,25H,12-15,18H2,1-2H3,(H,30,34)(H,31,35). The number of carbonyl (C=O) groups excluding carboxylic acids is 2. The van der Waals surface area contributed by atoms with Crippen LogP contribution in [0.5, 0.6) is 0 Å². The third-order valence-corrected chi connectivity index (χ3v) is 6.31. The number of pyridine rings is 1. The lowest BCUT2D eigenvalue weighted by molar-refractivity contribution is -0.136. The number of nitrogens with zero attached hydrogens (tertiary/aromatic N) is 3. The van der Waals surface area contributed by atoms with E-state index < -0.39 is 11.8 Å². The van der Waals surface area contributed by atoms with Gasteiger partial charge in [0.1, 0.15) is 5.82 Å². The molecule has 0 saturated carbocycles. The van der Waals surface area contributed by atoms with Gasteiger partial charge in [0, 0.05) is 56.5 Å². The van der Waals surface area contributed by atoms with E-state index in [4.69, 9.17) is 0 Å². The van der Waals surface area contributed by atoms with E-state index >= 15 is 0 Å². The van der Waals surface area contributed by atoms with E-state index in [1.54, 1.807) is 30.6 Å². The molecular weight excluding hydrogens is 445 g/mol. The van der Waals surface area contributed by atoms with E-state index in [9.17, 15) is 14.0 Å². The summed E-state index contributed by atoms with van der Waals surface area (Å²) in [5.41, 5.74) is 4.57. The van der Waals surface area contributed by atoms with Crippen molar-refractivity contribution in [3.63, 3.8) is 0 Å². The zero-order valence-corrected chi connectivity index (χ0v) is 20.0. The van der Waals surface area contributed by atoms with Gasteiger partial charge >= 0.3 is 11.8 Å². The van der Waals surface area contributed by atoms with Crippen molar-refractivity contribution in [3.8, 4) is 0 Å². The number of rotatable bonds is 6. The Labute approximate surface area is 205 Å². The smallest absolute Gasteiger partial charge is 0.313 e. The fraction of sp³-hybridized carbons (Fsp3) is 0.296. The van der Waals surface area contributed by atoms with E-state index in [1.807, 2.05) is 38.1 Å². The molecule has 0 spiro atoms. The Morgan fingerprint density at radius 1 is 1.00 bits per heavy atom. The van der Waals surface area contributed by atoms with Gasteiger partial charge in [-0.25, -0.2) is 4.39 Å². The molecule has 0 bridgehead atoms. The van der Waals surface area contributed by atoms with Crippen LogP contribution in [0.3, 0.4) is 0 Å². The molecule has 1 aliphatic heterocycles. The fourth-order valence-corrected chi connectivity index (χ4v) is 4.38. The Hall–Kier alpha value is -3.78. The second-order valence-corrected chi connectivity index (χ2v) is 8.78. The zero-order valence-electron chi connectivity index (χ0n) is 20.0. The van der Waals surface area contributed by atoms with E-state index in [-0.39, 0.29) is 18.4 Å². The van der Waals surface area contributed by atoms with Crippen molar-refractivity contribution in [2.75, 3.05) is 42.9 Å². The normalized spacial score (nSPS) is 14.9. The molecule has 35 heavy (non-hydrogen) atoms. The SMILES string of the molecule is Cc1ccc(NC(=O)C(=O)NCC(c2cccnc2)N2CCN(c3ccc(F)cc3)CC2)c(C)c1. The van der Waals surface area contributed by atoms with Crippen molar-refractivity contribution in [3.05, 3.63) is 89.5 Å². The summed E-state index contributed by atoms with van der Waals surface area (Å²) in [7, 11) is 0. The van der Waals surface area contributed by atoms with E-state index in [0.717, 1.165) is 48.6 Å². The highest BCUT2D eigenvalue weighted by molar-refractivity contribution is 6.39. The number of aryl methyl sites for hydroxylation is 2. The van der Waals surface area contributed by atoms with Crippen molar-refractivity contribution in [1.29, 1.82) is 0 Å². The quantitative estimate of drug-likeness (QED) is 0.534. The largest absolute Gasteiger partial charge is 0.369 e. The molecule has 0 radical (unpaired) electrons. The maximum absolute atomic E-state index is 13.3. The molecular formula is C27H30FN5O2. The third-order valence-electron chi connectivity index (χ3n) is 6.31. The summed E-state index contributed by atoms with van der Waals surface area (Å²) in [6.45, 7) is 7.19. The minimum absolute atomic E-state index is 0.128. The maximum atomic E-state index is 13.3. The third kappa shape index (κ3) is 6.22. The Morgan fingerprint density at radius 2 is 1.74 bits per heavy atom. The fourth-order valence-electron chi connectivity index (χ4n) is 4.38. The van der Waals surface area contributed by atoms with Gasteiger partial charge in [0.25, 0.3) is 0 Å². The molecule has 8 heteroatoms. The number of amides is 2. The van der Waals surface area contributed by atoms with Gasteiger partial charge in [-0.2, -0.15) is 0 Å². The van der Waals surface area contributed by atoms with Crippen molar-refractivity contribution in [2.45, 2.75) is 19.9 Å². The maximum Gasteiger partial charge on any atom is 0.313 e. The van der Waals surface area contributed by atoms with Crippen molar-refractivity contribution in [2.24, 2.45) is 0 Å². The van der Waals surface area contributed by atoms with Gasteiger partial charge in [0.2, 0.25) is 0 Å². The van der Waals surface area contributed by atoms with Crippen LogP contribution in [0.15, 0.2) is 67.0 Å². The molecule has 1 saturated heterocycles. The van der Waals surface area contributed by atoms with Crippen LogP contribution in [-0.2, 0) is 9.59 Å². The molecule has 1 fully saturated rings. The zero-order chi connectivity index (χ0) is 24.8. The highest BCUT2D eigenvalue weighted by atomic mass is 19.1. The molecule has 1 aliphatic rings. The molecule has 2 aromatic carbocycles. The Balaban J connectivity index is 1.39. The van der Waals surface area contributed by atoms with E-state index in [0.29, 0.717) is 5.69 Å². The lowest BCUT2D eigenvalue weighted by atomic mass is 10.1. The van der Waals surface area contributed by atoms with Crippen LogP contribution in [0.25, 0.3) is 0 Å². The van der Waals surface area contributed by atoms with Crippen molar-refractivity contribution < 1.29 is 14.0 Å². The number of hydrogen-bond donors (Lipinski definition) is 2. The van der Waals surface area contributed by atoms with E-state index in [1.165, 1.54) is 12.1 Å². The summed E-state index contributed by atoms with van der Waals surface area (Å²) in [6, 6.07) is 15.9. The highest BCUT2D eigenvalue weighted by Gasteiger charge is 2.27. The molecule has 3 aromatic rings. The summed E-state index contributed by atoms with van der Waals surface area (Å²) in [5, 5.41) is 5.50. The van der Waals surface area contributed by atoms with Gasteiger partial charge < -0.3 is 15.5 Å². The second kappa shape index (κ2) is 11.1. The van der Waals surface area contributed by atoms with Gasteiger partial charge in [-0.15, -0.1) is 0 Å². The second-order valence-electron chi connectivity index (χ2n) is 8.78. The summed E-state index contributed by atoms with van der Waals surface area (Å²) in [4.78, 5) is 33.9. The van der Waals surface area contributed by atoms with Crippen LogP contribution >= 0.6 is 0 Å². The van der Waals surface area contributed by atoms with Gasteiger partial charge in [-0.1, -0.05) is 23.8 Å². The minimum Gasteiger partial charge on any atom is -0.369 e. The molecule has 2 amide bonds. The number of benzene rings is 2. The Bertz CT molecular complexity index is 1160.